The number of pyridine rings is 1. The van der Waals surface area contributed by atoms with Crippen LogP contribution in [0.4, 0.5) is 17.2 Å². The number of carbonyl (C=O) groups is 1. The third-order valence-corrected chi connectivity index (χ3v) is 7.08. The van der Waals surface area contributed by atoms with Crippen LogP contribution in [0.5, 0.6) is 0 Å². The Morgan fingerprint density at radius 1 is 0.878 bits per heavy atom. The van der Waals surface area contributed by atoms with Crippen molar-refractivity contribution < 1.29 is 4.79 Å². The van der Waals surface area contributed by atoms with E-state index in [0.717, 1.165) is 27.9 Å². The van der Waals surface area contributed by atoms with E-state index in [2.05, 4.69) is 41.4 Å². The van der Waals surface area contributed by atoms with Gasteiger partial charge in [-0.05, 0) is 71.0 Å². The van der Waals surface area contributed by atoms with Crippen LogP contribution >= 0.6 is 0 Å². The van der Waals surface area contributed by atoms with Gasteiger partial charge >= 0.3 is 0 Å². The van der Waals surface area contributed by atoms with E-state index in [1.807, 2.05) is 92.0 Å². The van der Waals surface area contributed by atoms with E-state index in [4.69, 9.17) is 0 Å². The van der Waals surface area contributed by atoms with Crippen LogP contribution in [0.1, 0.15) is 42.3 Å². The van der Waals surface area contributed by atoms with Crippen molar-refractivity contribution in [2.24, 2.45) is 7.05 Å². The van der Waals surface area contributed by atoms with Gasteiger partial charge in [0.1, 0.15) is 0 Å². The number of rotatable bonds is 6. The monoisotopic (exact) mass is 543 g/mol. The van der Waals surface area contributed by atoms with Crippen molar-refractivity contribution in [2.45, 2.75) is 33.1 Å². The SMILES string of the molecule is Cc1c(NC(=O)c2ccc(C(C)(C)C)cc2)cccc1-c1cn(C)c(=O)c(Nc2ccc(-c3cccnc3)cc2)n1. The van der Waals surface area contributed by atoms with E-state index in [1.54, 1.807) is 19.4 Å². The van der Waals surface area contributed by atoms with E-state index in [0.29, 0.717) is 16.9 Å². The summed E-state index contributed by atoms with van der Waals surface area (Å²) in [6.07, 6.45) is 5.26. The van der Waals surface area contributed by atoms with Crippen LogP contribution in [0.15, 0.2) is 102 Å². The number of carbonyl (C=O) groups excluding carboxylic acids is 1. The highest BCUT2D eigenvalue weighted by Gasteiger charge is 2.16. The average Bonchev–Trinajstić information content (AvgIpc) is 2.97. The van der Waals surface area contributed by atoms with Gasteiger partial charge in [-0.2, -0.15) is 0 Å². The van der Waals surface area contributed by atoms with Gasteiger partial charge in [-0.1, -0.05) is 63.2 Å². The first kappa shape index (κ1) is 27.5. The van der Waals surface area contributed by atoms with Gasteiger partial charge in [-0.15, -0.1) is 0 Å². The lowest BCUT2D eigenvalue weighted by Crippen LogP contribution is -2.21. The van der Waals surface area contributed by atoms with Crippen molar-refractivity contribution >= 4 is 23.1 Å². The largest absolute Gasteiger partial charge is 0.336 e. The summed E-state index contributed by atoms with van der Waals surface area (Å²) in [6.45, 7) is 8.37. The quantitative estimate of drug-likeness (QED) is 0.238. The summed E-state index contributed by atoms with van der Waals surface area (Å²) in [5.41, 5.74) is 7.28. The van der Waals surface area contributed by atoms with E-state index in [1.165, 1.54) is 10.1 Å². The Morgan fingerprint density at radius 2 is 1.61 bits per heavy atom. The molecule has 0 unspecified atom stereocenters. The Balaban J connectivity index is 1.39. The molecule has 2 N–H and O–H groups in total. The topological polar surface area (TPSA) is 88.9 Å². The highest BCUT2D eigenvalue weighted by molar-refractivity contribution is 6.05. The van der Waals surface area contributed by atoms with Gasteiger partial charge < -0.3 is 15.2 Å². The van der Waals surface area contributed by atoms with Crippen molar-refractivity contribution in [1.29, 1.82) is 0 Å². The lowest BCUT2D eigenvalue weighted by molar-refractivity contribution is 0.102. The van der Waals surface area contributed by atoms with Crippen molar-refractivity contribution in [3.05, 3.63) is 124 Å². The summed E-state index contributed by atoms with van der Waals surface area (Å²) < 4.78 is 1.51. The minimum atomic E-state index is -0.245. The van der Waals surface area contributed by atoms with Crippen molar-refractivity contribution in [3.63, 3.8) is 0 Å². The molecule has 0 saturated carbocycles. The Kier molecular flexibility index (Phi) is 7.53. The smallest absolute Gasteiger partial charge is 0.293 e. The van der Waals surface area contributed by atoms with E-state index < -0.39 is 0 Å². The molecule has 0 fully saturated rings. The first-order chi connectivity index (χ1) is 19.6. The molecule has 0 aliphatic heterocycles. The molecule has 0 aliphatic carbocycles. The number of nitrogens with one attached hydrogen (secondary N) is 2. The normalized spacial score (nSPS) is 11.2. The van der Waals surface area contributed by atoms with Gasteiger partial charge in [-0.3, -0.25) is 14.6 Å². The lowest BCUT2D eigenvalue weighted by Gasteiger charge is -2.19. The summed E-state index contributed by atoms with van der Waals surface area (Å²) in [5.74, 6) is 0.0307. The number of benzene rings is 3. The Hall–Kier alpha value is -5.04. The molecule has 0 spiro atoms. The zero-order chi connectivity index (χ0) is 29.1. The number of nitrogens with zero attached hydrogens (tertiary/aromatic N) is 3. The molecule has 7 nitrogen and oxygen atoms in total. The maximum Gasteiger partial charge on any atom is 0.293 e. The van der Waals surface area contributed by atoms with E-state index in [-0.39, 0.29) is 22.7 Å². The van der Waals surface area contributed by atoms with Gasteiger partial charge in [0, 0.05) is 48.1 Å². The summed E-state index contributed by atoms with van der Waals surface area (Å²) >= 11 is 0. The molecular formula is C34H33N5O2. The fourth-order valence-corrected chi connectivity index (χ4v) is 4.60. The molecule has 0 atom stereocenters. The number of anilines is 3. The molecule has 0 aliphatic rings. The van der Waals surface area contributed by atoms with Crippen LogP contribution in [-0.2, 0) is 12.5 Å². The predicted octanol–water partition coefficient (Wildman–Crippen LogP) is 7.11. The van der Waals surface area contributed by atoms with Gasteiger partial charge in [0.15, 0.2) is 5.82 Å². The number of hydrogen-bond donors (Lipinski definition) is 2. The highest BCUT2D eigenvalue weighted by atomic mass is 16.1. The van der Waals surface area contributed by atoms with Crippen molar-refractivity contribution in [2.75, 3.05) is 10.6 Å². The molecule has 3 aromatic carbocycles. The fraction of sp³-hybridized carbons (Fsp3) is 0.176. The van der Waals surface area contributed by atoms with Crippen LogP contribution in [0, 0.1) is 6.92 Å². The van der Waals surface area contributed by atoms with Crippen molar-refractivity contribution in [1.82, 2.24) is 14.5 Å². The molecule has 2 heterocycles. The molecule has 206 valence electrons. The van der Waals surface area contributed by atoms with Gasteiger partial charge in [0.2, 0.25) is 0 Å². The average molecular weight is 544 g/mol. The van der Waals surface area contributed by atoms with Gasteiger partial charge in [0.05, 0.1) is 5.69 Å². The molecule has 0 radical (unpaired) electrons. The van der Waals surface area contributed by atoms with E-state index >= 15 is 0 Å². The van der Waals surface area contributed by atoms with Crippen LogP contribution in [0.3, 0.4) is 0 Å². The molecular weight excluding hydrogens is 510 g/mol. The molecule has 5 rings (SSSR count). The number of hydrogen-bond acceptors (Lipinski definition) is 5. The standard InChI is InChI=1S/C34H33N5O2/c1-22-28(9-6-10-29(22)38-32(40)24-11-15-26(16-12-24)34(2,3)4)30-21-39(5)33(41)31(37-30)36-27-17-13-23(14-18-27)25-8-7-19-35-20-25/h6-21H,1-5H3,(H,36,37)(H,38,40). The van der Waals surface area contributed by atoms with Crippen LogP contribution in [0.25, 0.3) is 22.4 Å². The third kappa shape index (κ3) is 6.09. The number of aromatic nitrogens is 3. The molecule has 1 amide bonds. The molecule has 0 bridgehead atoms. The summed E-state index contributed by atoms with van der Waals surface area (Å²) in [5, 5.41) is 6.21. The molecule has 0 saturated heterocycles. The Morgan fingerprint density at radius 3 is 2.27 bits per heavy atom. The summed E-state index contributed by atoms with van der Waals surface area (Å²) in [7, 11) is 1.70. The minimum absolute atomic E-state index is 0.0136. The second kappa shape index (κ2) is 11.2. The van der Waals surface area contributed by atoms with Crippen LogP contribution in [0.2, 0.25) is 0 Å². The van der Waals surface area contributed by atoms with E-state index in [9.17, 15) is 9.59 Å². The minimum Gasteiger partial charge on any atom is -0.336 e. The van der Waals surface area contributed by atoms with Gasteiger partial charge in [0.25, 0.3) is 11.5 Å². The number of amides is 1. The van der Waals surface area contributed by atoms with Crippen molar-refractivity contribution in [3.8, 4) is 22.4 Å². The van der Waals surface area contributed by atoms with Crippen LogP contribution in [-0.4, -0.2) is 20.4 Å². The maximum absolute atomic E-state index is 13.1. The number of aryl methyl sites for hydroxylation is 1. The summed E-state index contributed by atoms with van der Waals surface area (Å²) in [6, 6.07) is 25.0. The highest BCUT2D eigenvalue weighted by Crippen LogP contribution is 2.29. The first-order valence-electron chi connectivity index (χ1n) is 13.5. The second-order valence-electron chi connectivity index (χ2n) is 11.1. The second-order valence-corrected chi connectivity index (χ2v) is 11.1. The van der Waals surface area contributed by atoms with Crippen LogP contribution < -0.4 is 16.2 Å². The fourth-order valence-electron chi connectivity index (χ4n) is 4.60. The maximum atomic E-state index is 13.1. The third-order valence-electron chi connectivity index (χ3n) is 7.08. The molecule has 7 heteroatoms. The lowest BCUT2D eigenvalue weighted by atomic mass is 9.86. The molecule has 5 aromatic rings. The zero-order valence-electron chi connectivity index (χ0n) is 23.9. The zero-order valence-corrected chi connectivity index (χ0v) is 23.9. The Bertz CT molecular complexity index is 1750. The first-order valence-corrected chi connectivity index (χ1v) is 13.5. The molecule has 2 aromatic heterocycles. The van der Waals surface area contributed by atoms with Gasteiger partial charge in [-0.25, -0.2) is 4.98 Å². The summed E-state index contributed by atoms with van der Waals surface area (Å²) in [4.78, 5) is 34.9. The Labute approximate surface area is 240 Å². The predicted molar refractivity (Wildman–Crippen MR) is 166 cm³/mol. The molecule has 41 heavy (non-hydrogen) atoms.